The second-order valence-corrected chi connectivity index (χ2v) is 8.29. The molecule has 0 radical (unpaired) electrons. The lowest BCUT2D eigenvalue weighted by atomic mass is 9.72. The number of carboxylic acids is 1. The highest BCUT2D eigenvalue weighted by molar-refractivity contribution is 5.70. The monoisotopic (exact) mass is 355 g/mol. The van der Waals surface area contributed by atoms with Crippen LogP contribution in [0.25, 0.3) is 0 Å². The molecule has 25 heavy (non-hydrogen) atoms. The molecular weight excluding hydrogens is 322 g/mol. The summed E-state index contributed by atoms with van der Waals surface area (Å²) in [5.41, 5.74) is 6.41. The van der Waals surface area contributed by atoms with Gasteiger partial charge in [0.15, 0.2) is 0 Å². The Hall–Kier alpha value is -0.690. The van der Waals surface area contributed by atoms with E-state index in [1.165, 1.54) is 12.8 Å². The summed E-state index contributed by atoms with van der Waals surface area (Å²) < 4.78 is 17.8. The topological polar surface area (TPSA) is 91.0 Å². The SMILES string of the molecule is C[C@@H](OCC12CCC(CC1)OC2)[C@H](N)COC1CCCCC1C(=O)O. The molecule has 0 aromatic rings. The molecule has 4 fully saturated rings. The lowest BCUT2D eigenvalue weighted by Gasteiger charge is -2.46. The maximum atomic E-state index is 11.3. The number of carboxylic acid groups (broad SMARTS) is 1. The van der Waals surface area contributed by atoms with Crippen molar-refractivity contribution in [1.29, 1.82) is 0 Å². The number of hydrogen-bond acceptors (Lipinski definition) is 5. The van der Waals surface area contributed by atoms with Gasteiger partial charge in [0.25, 0.3) is 0 Å². The molecule has 0 spiro atoms. The number of carbonyl (C=O) groups is 1. The summed E-state index contributed by atoms with van der Waals surface area (Å²) in [5, 5.41) is 9.32. The van der Waals surface area contributed by atoms with Crippen LogP contribution in [0.3, 0.4) is 0 Å². The Bertz CT molecular complexity index is 435. The summed E-state index contributed by atoms with van der Waals surface area (Å²) in [6, 6.07) is -0.242. The van der Waals surface area contributed by atoms with Crippen LogP contribution in [0.4, 0.5) is 0 Å². The van der Waals surface area contributed by atoms with Gasteiger partial charge >= 0.3 is 5.97 Å². The molecule has 0 amide bonds. The van der Waals surface area contributed by atoms with Gasteiger partial charge in [0, 0.05) is 5.41 Å². The first-order chi connectivity index (χ1) is 12.0. The molecule has 2 heterocycles. The summed E-state index contributed by atoms with van der Waals surface area (Å²) in [6.45, 7) is 3.82. The van der Waals surface area contributed by atoms with Crippen LogP contribution in [0.2, 0.25) is 0 Å². The van der Waals surface area contributed by atoms with Crippen LogP contribution in [-0.2, 0) is 19.0 Å². The number of hydrogen-bond donors (Lipinski definition) is 2. The first-order valence-corrected chi connectivity index (χ1v) is 9.82. The van der Waals surface area contributed by atoms with Crippen molar-refractivity contribution in [2.75, 3.05) is 19.8 Å². The first kappa shape index (κ1) is 19.1. The average molecular weight is 355 g/mol. The minimum atomic E-state index is -0.755. The first-order valence-electron chi connectivity index (χ1n) is 9.82. The second kappa shape index (κ2) is 8.33. The fourth-order valence-electron chi connectivity index (χ4n) is 4.38. The number of fused-ring (bicyclic) bond motifs is 3. The highest BCUT2D eigenvalue weighted by Crippen LogP contribution is 2.43. The zero-order valence-corrected chi connectivity index (χ0v) is 15.3. The Morgan fingerprint density at radius 1 is 1.28 bits per heavy atom. The molecule has 6 nitrogen and oxygen atoms in total. The van der Waals surface area contributed by atoms with Gasteiger partial charge in [0.05, 0.1) is 50.1 Å². The smallest absolute Gasteiger partial charge is 0.309 e. The third-order valence-electron chi connectivity index (χ3n) is 6.40. The number of rotatable bonds is 8. The minimum absolute atomic E-state index is 0.110. The van der Waals surface area contributed by atoms with Crippen LogP contribution in [0, 0.1) is 11.3 Å². The molecule has 3 N–H and O–H groups in total. The van der Waals surface area contributed by atoms with Gasteiger partial charge in [0.1, 0.15) is 0 Å². The van der Waals surface area contributed by atoms with E-state index in [0.29, 0.717) is 25.7 Å². The molecule has 4 aliphatic rings. The van der Waals surface area contributed by atoms with Crippen LogP contribution in [-0.4, -0.2) is 55.3 Å². The Kier molecular flexibility index (Phi) is 6.36. The summed E-state index contributed by atoms with van der Waals surface area (Å²) in [7, 11) is 0. The van der Waals surface area contributed by atoms with Gasteiger partial charge < -0.3 is 25.1 Å². The molecule has 2 aliphatic heterocycles. The van der Waals surface area contributed by atoms with Gasteiger partial charge in [-0.05, 0) is 45.4 Å². The number of aliphatic carboxylic acids is 1. The van der Waals surface area contributed by atoms with Gasteiger partial charge in [-0.1, -0.05) is 12.8 Å². The third-order valence-corrected chi connectivity index (χ3v) is 6.40. The summed E-state index contributed by atoms with van der Waals surface area (Å²) in [4.78, 5) is 11.3. The zero-order chi connectivity index (χ0) is 17.9. The molecule has 4 rings (SSSR count). The zero-order valence-electron chi connectivity index (χ0n) is 15.3. The van der Waals surface area contributed by atoms with Gasteiger partial charge in [0.2, 0.25) is 0 Å². The van der Waals surface area contributed by atoms with E-state index < -0.39 is 11.9 Å². The van der Waals surface area contributed by atoms with Gasteiger partial charge in [-0.2, -0.15) is 0 Å². The molecule has 2 unspecified atom stereocenters. The van der Waals surface area contributed by atoms with Gasteiger partial charge in [-0.3, -0.25) is 4.79 Å². The normalized spacial score (nSPS) is 37.6. The van der Waals surface area contributed by atoms with Crippen LogP contribution < -0.4 is 5.73 Å². The fourth-order valence-corrected chi connectivity index (χ4v) is 4.38. The predicted molar refractivity (Wildman–Crippen MR) is 93.4 cm³/mol. The molecule has 144 valence electrons. The predicted octanol–water partition coefficient (Wildman–Crippen LogP) is 2.34. The van der Waals surface area contributed by atoms with E-state index in [0.717, 1.165) is 38.7 Å². The molecule has 6 heteroatoms. The van der Waals surface area contributed by atoms with E-state index in [1.54, 1.807) is 0 Å². The van der Waals surface area contributed by atoms with Crippen molar-refractivity contribution in [1.82, 2.24) is 0 Å². The van der Waals surface area contributed by atoms with Crippen molar-refractivity contribution < 1.29 is 24.1 Å². The van der Waals surface area contributed by atoms with E-state index in [4.69, 9.17) is 19.9 Å². The van der Waals surface area contributed by atoms with Crippen molar-refractivity contribution in [3.05, 3.63) is 0 Å². The van der Waals surface area contributed by atoms with E-state index >= 15 is 0 Å². The lowest BCUT2D eigenvalue weighted by molar-refractivity contribution is -0.155. The van der Waals surface area contributed by atoms with Crippen LogP contribution >= 0.6 is 0 Å². The van der Waals surface area contributed by atoms with Crippen molar-refractivity contribution in [2.45, 2.75) is 82.6 Å². The molecular formula is C19H33NO5. The standard InChI is InChI=1S/C19H33NO5/c1-13(24-11-19-8-6-14(7-9-19)25-12-19)16(20)10-23-17-5-3-2-4-15(17)18(21)22/h13-17H,2-12,20H2,1H3,(H,21,22)/t13-,14?,15?,16-,17?,19?/m1/s1. The Morgan fingerprint density at radius 3 is 2.64 bits per heavy atom. The van der Waals surface area contributed by atoms with Crippen LogP contribution in [0.5, 0.6) is 0 Å². The Morgan fingerprint density at radius 2 is 2.00 bits per heavy atom. The number of nitrogens with two attached hydrogens (primary N) is 1. The van der Waals surface area contributed by atoms with E-state index in [1.807, 2.05) is 6.92 Å². The summed E-state index contributed by atoms with van der Waals surface area (Å²) in [6.07, 6.45) is 8.28. The quantitative estimate of drug-likeness (QED) is 0.694. The minimum Gasteiger partial charge on any atom is -0.481 e. The second-order valence-electron chi connectivity index (χ2n) is 8.29. The average Bonchev–Trinajstić information content (AvgIpc) is 2.66. The van der Waals surface area contributed by atoms with E-state index in [9.17, 15) is 9.90 Å². The number of ether oxygens (including phenoxy) is 3. The Labute approximate surface area is 150 Å². The molecule has 2 saturated carbocycles. The van der Waals surface area contributed by atoms with Crippen LogP contribution in [0.15, 0.2) is 0 Å². The molecule has 2 saturated heterocycles. The Balaban J connectivity index is 1.41. The highest BCUT2D eigenvalue weighted by Gasteiger charge is 2.42. The molecule has 0 aromatic heterocycles. The van der Waals surface area contributed by atoms with Crippen molar-refractivity contribution >= 4 is 5.97 Å². The van der Waals surface area contributed by atoms with Crippen LogP contribution in [0.1, 0.15) is 58.3 Å². The van der Waals surface area contributed by atoms with Crippen molar-refractivity contribution in [3.8, 4) is 0 Å². The van der Waals surface area contributed by atoms with Crippen molar-refractivity contribution in [3.63, 3.8) is 0 Å². The molecule has 2 aliphatic carbocycles. The van der Waals surface area contributed by atoms with Crippen molar-refractivity contribution in [2.24, 2.45) is 17.1 Å². The maximum Gasteiger partial charge on any atom is 0.309 e. The molecule has 4 atom stereocenters. The van der Waals surface area contributed by atoms with E-state index in [-0.39, 0.29) is 23.7 Å². The third kappa shape index (κ3) is 4.73. The largest absolute Gasteiger partial charge is 0.481 e. The fraction of sp³-hybridized carbons (Fsp3) is 0.947. The van der Waals surface area contributed by atoms with Gasteiger partial charge in [-0.15, -0.1) is 0 Å². The maximum absolute atomic E-state index is 11.3. The summed E-state index contributed by atoms with van der Waals surface area (Å²) in [5.74, 6) is -1.15. The lowest BCUT2D eigenvalue weighted by Crippen LogP contribution is -2.48. The summed E-state index contributed by atoms with van der Waals surface area (Å²) >= 11 is 0. The molecule has 2 bridgehead atoms. The van der Waals surface area contributed by atoms with E-state index in [2.05, 4.69) is 0 Å². The van der Waals surface area contributed by atoms with Gasteiger partial charge in [-0.25, -0.2) is 0 Å². The highest BCUT2D eigenvalue weighted by atomic mass is 16.5. The molecule has 0 aromatic carbocycles.